The highest BCUT2D eigenvalue weighted by Gasteiger charge is 2.52. The molecule has 0 aliphatic carbocycles. The summed E-state index contributed by atoms with van der Waals surface area (Å²) < 4.78 is 22.4. The Morgan fingerprint density at radius 2 is 1.79 bits per heavy atom. The zero-order valence-electron chi connectivity index (χ0n) is 20.1. The van der Waals surface area contributed by atoms with Gasteiger partial charge in [-0.1, -0.05) is 36.4 Å². The van der Waals surface area contributed by atoms with Gasteiger partial charge in [0.15, 0.2) is 0 Å². The average Bonchev–Trinajstić information content (AvgIpc) is 3.03. The molecule has 9 nitrogen and oxygen atoms in total. The van der Waals surface area contributed by atoms with Gasteiger partial charge in [-0.3, -0.25) is 0 Å². The summed E-state index contributed by atoms with van der Waals surface area (Å²) in [5.74, 6) is -0.538. The number of methoxy groups -OCH3 is 1. The lowest BCUT2D eigenvalue weighted by atomic mass is 9.77. The summed E-state index contributed by atoms with van der Waals surface area (Å²) in [6.07, 6.45) is 2.66. The molecule has 1 aromatic carbocycles. The average molecular weight is 467 g/mol. The van der Waals surface area contributed by atoms with Gasteiger partial charge in [0.05, 0.1) is 18.3 Å². The van der Waals surface area contributed by atoms with E-state index >= 15 is 0 Å². The highest BCUT2D eigenvalue weighted by molar-refractivity contribution is 6.56. The summed E-state index contributed by atoms with van der Waals surface area (Å²) in [5, 5.41) is 2.74. The summed E-state index contributed by atoms with van der Waals surface area (Å²) in [7, 11) is 0.531. The van der Waals surface area contributed by atoms with Gasteiger partial charge in [-0.15, -0.1) is 0 Å². The van der Waals surface area contributed by atoms with Gasteiger partial charge in [0.2, 0.25) is 0 Å². The molecule has 0 spiro atoms. The summed E-state index contributed by atoms with van der Waals surface area (Å²) in [5.41, 5.74) is 6.84. The number of hydrogen-bond acceptors (Lipinski definition) is 8. The molecule has 3 N–H and O–H groups in total. The number of amides is 1. The molecular weight excluding hydrogens is 437 g/mol. The lowest BCUT2D eigenvalue weighted by molar-refractivity contribution is 0.00578. The number of nitrogens with two attached hydrogens (primary N) is 1. The largest absolute Gasteiger partial charge is 0.492 e. The van der Waals surface area contributed by atoms with Crippen molar-refractivity contribution in [3.8, 4) is 0 Å². The van der Waals surface area contributed by atoms with E-state index in [1.807, 2.05) is 58.0 Å². The third-order valence-corrected chi connectivity index (χ3v) is 5.90. The number of pyridine rings is 1. The van der Waals surface area contributed by atoms with Gasteiger partial charge >= 0.3 is 19.2 Å². The fourth-order valence-corrected chi connectivity index (χ4v) is 3.20. The minimum Gasteiger partial charge on any atom is -0.465 e. The summed E-state index contributed by atoms with van der Waals surface area (Å²) in [4.78, 5) is 28.4. The first kappa shape index (κ1) is 25.3. The van der Waals surface area contributed by atoms with Gasteiger partial charge in [-0.05, 0) is 50.4 Å². The first-order chi connectivity index (χ1) is 16.0. The van der Waals surface area contributed by atoms with Crippen molar-refractivity contribution in [2.45, 2.75) is 45.5 Å². The van der Waals surface area contributed by atoms with Crippen molar-refractivity contribution in [1.29, 1.82) is 0 Å². The van der Waals surface area contributed by atoms with Crippen LogP contribution in [0, 0.1) is 0 Å². The number of nitrogens with zero attached hydrogens (tertiary/aromatic N) is 1. The molecule has 180 valence electrons. The van der Waals surface area contributed by atoms with Crippen LogP contribution in [0.4, 0.5) is 10.6 Å². The van der Waals surface area contributed by atoms with E-state index in [0.29, 0.717) is 11.0 Å². The van der Waals surface area contributed by atoms with Crippen LogP contribution < -0.4 is 11.1 Å². The molecule has 1 aliphatic rings. The number of carbonyl (C=O) groups excluding carboxylic acids is 2. The predicted molar refractivity (Wildman–Crippen MR) is 129 cm³/mol. The van der Waals surface area contributed by atoms with E-state index < -0.39 is 30.4 Å². The lowest BCUT2D eigenvalue weighted by Crippen LogP contribution is -2.41. The SMILES string of the molecule is COC(=O)c1cc(C=C(CNC(=O)OCc2ccccc2)B2OC(C)(C)C(C)(C)O2)cnc1N. The van der Waals surface area contributed by atoms with Crippen molar-refractivity contribution >= 4 is 31.1 Å². The van der Waals surface area contributed by atoms with Gasteiger partial charge in [-0.25, -0.2) is 14.6 Å². The molecule has 34 heavy (non-hydrogen) atoms. The molecule has 1 aromatic heterocycles. The first-order valence-corrected chi connectivity index (χ1v) is 10.9. The smallest absolute Gasteiger partial charge is 0.465 e. The van der Waals surface area contributed by atoms with E-state index in [1.54, 1.807) is 12.1 Å². The van der Waals surface area contributed by atoms with Gasteiger partial charge in [0.1, 0.15) is 18.0 Å². The molecule has 2 heterocycles. The zero-order chi connectivity index (χ0) is 24.9. The fraction of sp³-hybridized carbons (Fsp3) is 0.375. The Kier molecular flexibility index (Phi) is 7.63. The molecule has 1 fully saturated rings. The van der Waals surface area contributed by atoms with Crippen molar-refractivity contribution < 1.29 is 28.4 Å². The van der Waals surface area contributed by atoms with Crippen molar-refractivity contribution in [2.24, 2.45) is 0 Å². The number of aromatic nitrogens is 1. The number of nitrogen functional groups attached to an aromatic ring is 1. The van der Waals surface area contributed by atoms with E-state index in [0.717, 1.165) is 5.56 Å². The molecule has 3 rings (SSSR count). The van der Waals surface area contributed by atoms with Crippen molar-refractivity contribution in [1.82, 2.24) is 10.3 Å². The van der Waals surface area contributed by atoms with E-state index in [1.165, 1.54) is 13.3 Å². The highest BCUT2D eigenvalue weighted by Crippen LogP contribution is 2.38. The zero-order valence-corrected chi connectivity index (χ0v) is 20.1. The Bertz CT molecular complexity index is 1060. The lowest BCUT2D eigenvalue weighted by Gasteiger charge is -2.32. The van der Waals surface area contributed by atoms with Gasteiger partial charge in [-0.2, -0.15) is 0 Å². The van der Waals surface area contributed by atoms with Crippen LogP contribution >= 0.6 is 0 Å². The molecule has 10 heteroatoms. The number of ether oxygens (including phenoxy) is 2. The summed E-state index contributed by atoms with van der Waals surface area (Å²) in [6.45, 7) is 7.98. The number of esters is 1. The summed E-state index contributed by atoms with van der Waals surface area (Å²) in [6, 6.07) is 10.9. The Balaban J connectivity index is 1.80. The van der Waals surface area contributed by atoms with Crippen LogP contribution in [0.15, 0.2) is 48.1 Å². The molecular formula is C24H30BN3O6. The van der Waals surface area contributed by atoms with Gasteiger partial charge < -0.3 is 29.8 Å². The molecule has 0 unspecified atom stereocenters. The second-order valence-corrected chi connectivity index (χ2v) is 8.92. The minimum absolute atomic E-state index is 0.0591. The molecule has 1 amide bonds. The van der Waals surface area contributed by atoms with Crippen LogP contribution in [0.3, 0.4) is 0 Å². The number of hydrogen-bond donors (Lipinski definition) is 2. The molecule has 0 saturated carbocycles. The molecule has 0 atom stereocenters. The van der Waals surface area contributed by atoms with Crippen LogP contribution in [0.5, 0.6) is 0 Å². The third kappa shape index (κ3) is 5.95. The normalized spacial score (nSPS) is 16.7. The maximum Gasteiger partial charge on any atom is 0.492 e. The Labute approximate surface area is 199 Å². The van der Waals surface area contributed by atoms with Gasteiger partial charge in [0.25, 0.3) is 0 Å². The maximum absolute atomic E-state index is 12.3. The Morgan fingerprint density at radius 1 is 1.15 bits per heavy atom. The highest BCUT2D eigenvalue weighted by atomic mass is 16.7. The molecule has 1 aliphatic heterocycles. The number of alkyl carbamates (subject to hydrolysis) is 1. The van der Waals surface area contributed by atoms with Crippen LogP contribution in [0.25, 0.3) is 6.08 Å². The first-order valence-electron chi connectivity index (χ1n) is 10.9. The second-order valence-electron chi connectivity index (χ2n) is 8.92. The molecule has 1 saturated heterocycles. The third-order valence-electron chi connectivity index (χ3n) is 5.90. The van der Waals surface area contributed by atoms with Crippen molar-refractivity contribution in [3.63, 3.8) is 0 Å². The van der Waals surface area contributed by atoms with E-state index in [-0.39, 0.29) is 24.5 Å². The van der Waals surface area contributed by atoms with Crippen LogP contribution in [-0.2, 0) is 25.4 Å². The molecule has 0 bridgehead atoms. The van der Waals surface area contributed by atoms with Crippen LogP contribution in [0.2, 0.25) is 0 Å². The van der Waals surface area contributed by atoms with Crippen molar-refractivity contribution in [3.05, 3.63) is 64.8 Å². The monoisotopic (exact) mass is 467 g/mol. The number of rotatable bonds is 7. The van der Waals surface area contributed by atoms with E-state index in [4.69, 9.17) is 24.5 Å². The molecule has 0 radical (unpaired) electrons. The van der Waals surface area contributed by atoms with Crippen LogP contribution in [0.1, 0.15) is 49.2 Å². The standard InChI is InChI=1S/C24H30BN3O6/c1-23(2)24(3,4)34-25(33-23)18(11-17-12-19(21(29)31-5)20(26)27-13-17)14-28-22(30)32-15-16-9-7-6-8-10-16/h6-13H,14-15H2,1-5H3,(H2,26,27)(H,28,30). The van der Waals surface area contributed by atoms with E-state index in [9.17, 15) is 9.59 Å². The Morgan fingerprint density at radius 3 is 2.41 bits per heavy atom. The predicted octanol–water partition coefficient (Wildman–Crippen LogP) is 3.39. The van der Waals surface area contributed by atoms with Gasteiger partial charge in [0, 0.05) is 12.7 Å². The number of nitrogens with one attached hydrogen (secondary N) is 1. The molecule has 2 aromatic rings. The number of anilines is 1. The maximum atomic E-state index is 12.3. The minimum atomic E-state index is -0.737. The number of benzene rings is 1. The Hall–Kier alpha value is -3.37. The topological polar surface area (TPSA) is 122 Å². The van der Waals surface area contributed by atoms with E-state index in [2.05, 4.69) is 10.3 Å². The summed E-state index contributed by atoms with van der Waals surface area (Å²) >= 11 is 0. The fourth-order valence-electron chi connectivity index (χ4n) is 3.20. The second kappa shape index (κ2) is 10.3. The number of carbonyl (C=O) groups is 2. The van der Waals surface area contributed by atoms with Crippen LogP contribution in [-0.4, -0.2) is 49.0 Å². The quantitative estimate of drug-likeness (QED) is 0.470. The van der Waals surface area contributed by atoms with Crippen molar-refractivity contribution in [2.75, 3.05) is 19.4 Å².